The van der Waals surface area contributed by atoms with Crippen LogP contribution in [0.25, 0.3) is 44.5 Å². The third-order valence-electron chi connectivity index (χ3n) is 6.17. The smallest absolute Gasteiger partial charge is 0.191 e. The van der Waals surface area contributed by atoms with Crippen LogP contribution >= 0.6 is 0 Å². The van der Waals surface area contributed by atoms with Gasteiger partial charge in [-0.1, -0.05) is 69.3 Å². The summed E-state index contributed by atoms with van der Waals surface area (Å²) in [4.78, 5) is 9.01. The Balaban J connectivity index is 1.59. The Kier molecular flexibility index (Phi) is 5.13. The van der Waals surface area contributed by atoms with Gasteiger partial charge in [0.1, 0.15) is 0 Å². The minimum absolute atomic E-state index is 0.0397. The van der Waals surface area contributed by atoms with Gasteiger partial charge in [0.25, 0.3) is 0 Å². The second-order valence-corrected chi connectivity index (χ2v) is 9.70. The molecule has 5 aromatic rings. The summed E-state index contributed by atoms with van der Waals surface area (Å²) in [7, 11) is 0. The van der Waals surface area contributed by atoms with E-state index in [2.05, 4.69) is 99.4 Å². The Hall–Kier alpha value is -3.72. The molecular weight excluding hydrogens is 404 g/mol. The van der Waals surface area contributed by atoms with Crippen LogP contribution in [-0.2, 0) is 5.41 Å². The summed E-state index contributed by atoms with van der Waals surface area (Å²) in [5.41, 5.74) is 8.03. The number of aromatic nitrogens is 2. The highest BCUT2D eigenvalue weighted by molar-refractivity contribution is 5.91. The lowest BCUT2D eigenvalue weighted by atomic mass is 9.82. The van der Waals surface area contributed by atoms with Crippen LogP contribution in [0.15, 0.2) is 83.5 Å². The van der Waals surface area contributed by atoms with Crippen LogP contribution in [0.2, 0.25) is 0 Å². The summed E-state index contributed by atoms with van der Waals surface area (Å²) in [5.74, 6) is 1.46. The largest absolute Gasteiger partial charge is 0.441 e. The quantitative estimate of drug-likeness (QED) is 0.289. The van der Waals surface area contributed by atoms with Crippen molar-refractivity contribution in [2.24, 2.45) is 0 Å². The van der Waals surface area contributed by atoms with E-state index < -0.39 is 0 Å². The predicted molar refractivity (Wildman–Crippen MR) is 136 cm³/mol. The van der Waals surface area contributed by atoms with E-state index in [0.29, 0.717) is 5.89 Å². The molecule has 0 aliphatic heterocycles. The highest BCUT2D eigenvalue weighted by Gasteiger charge is 2.19. The molecule has 0 atom stereocenters. The van der Waals surface area contributed by atoms with Gasteiger partial charge in [-0.3, -0.25) is 4.98 Å². The molecule has 0 aliphatic rings. The Morgan fingerprint density at radius 3 is 2.15 bits per heavy atom. The first-order valence-electron chi connectivity index (χ1n) is 11.3. The van der Waals surface area contributed by atoms with Crippen LogP contribution < -0.4 is 0 Å². The van der Waals surface area contributed by atoms with E-state index in [1.165, 1.54) is 21.9 Å². The number of nitrogens with zero attached hydrogens (tertiary/aromatic N) is 2. The molecule has 0 spiro atoms. The van der Waals surface area contributed by atoms with Crippen molar-refractivity contribution in [3.63, 3.8) is 0 Å². The molecule has 3 aromatic carbocycles. The lowest BCUT2D eigenvalue weighted by molar-refractivity contribution is 0.534. The van der Waals surface area contributed by atoms with Gasteiger partial charge in [0.2, 0.25) is 0 Å². The summed E-state index contributed by atoms with van der Waals surface area (Å²) >= 11 is 0. The molecule has 0 N–H and O–H groups in total. The Labute approximate surface area is 195 Å². The van der Waals surface area contributed by atoms with Gasteiger partial charge in [0, 0.05) is 24.2 Å². The third-order valence-corrected chi connectivity index (χ3v) is 6.17. The van der Waals surface area contributed by atoms with Gasteiger partial charge in [-0.2, -0.15) is 0 Å². The average molecular weight is 433 g/mol. The zero-order chi connectivity index (χ0) is 23.2. The van der Waals surface area contributed by atoms with Crippen molar-refractivity contribution in [3.8, 4) is 33.7 Å². The first kappa shape index (κ1) is 21.1. The normalized spacial score (nSPS) is 11.8. The minimum Gasteiger partial charge on any atom is -0.441 e. The molecule has 0 unspecified atom stereocenters. The molecule has 164 valence electrons. The SMILES string of the molecule is Cc1ncc(-c2ccc(-c3cc(-c4cc(C(C)(C)C)c5ccccc5c4)ncc3C)cc2)o1. The standard InChI is InChI=1S/C30H28N2O/c1-19-17-32-28(24-14-23-8-6-7-9-25(23)27(15-24)30(3,4)5)16-26(19)21-10-12-22(13-11-21)29-18-31-20(2)33-29/h6-18H,1-5H3. The molecule has 33 heavy (non-hydrogen) atoms. The number of benzene rings is 3. The zero-order valence-electron chi connectivity index (χ0n) is 19.8. The van der Waals surface area contributed by atoms with Gasteiger partial charge in [0.15, 0.2) is 11.7 Å². The molecule has 0 amide bonds. The van der Waals surface area contributed by atoms with E-state index in [1.807, 2.05) is 13.1 Å². The number of aryl methyl sites for hydroxylation is 2. The van der Waals surface area contributed by atoms with E-state index in [4.69, 9.17) is 9.40 Å². The fraction of sp³-hybridized carbons (Fsp3) is 0.200. The van der Waals surface area contributed by atoms with Crippen molar-refractivity contribution in [2.75, 3.05) is 0 Å². The van der Waals surface area contributed by atoms with Crippen molar-refractivity contribution in [1.82, 2.24) is 9.97 Å². The van der Waals surface area contributed by atoms with Crippen LogP contribution in [0.1, 0.15) is 37.8 Å². The van der Waals surface area contributed by atoms with E-state index in [-0.39, 0.29) is 5.41 Å². The lowest BCUT2D eigenvalue weighted by Gasteiger charge is -2.23. The lowest BCUT2D eigenvalue weighted by Crippen LogP contribution is -2.12. The topological polar surface area (TPSA) is 38.9 Å². The van der Waals surface area contributed by atoms with Crippen LogP contribution in [0, 0.1) is 13.8 Å². The van der Waals surface area contributed by atoms with Crippen molar-refractivity contribution in [1.29, 1.82) is 0 Å². The summed E-state index contributed by atoms with van der Waals surface area (Å²) < 4.78 is 5.67. The minimum atomic E-state index is 0.0397. The molecular formula is C30H28N2O. The Morgan fingerprint density at radius 1 is 0.727 bits per heavy atom. The zero-order valence-corrected chi connectivity index (χ0v) is 19.8. The highest BCUT2D eigenvalue weighted by atomic mass is 16.4. The fourth-order valence-corrected chi connectivity index (χ4v) is 4.38. The second-order valence-electron chi connectivity index (χ2n) is 9.70. The van der Waals surface area contributed by atoms with E-state index in [1.54, 1.807) is 6.20 Å². The maximum Gasteiger partial charge on any atom is 0.191 e. The number of hydrogen-bond donors (Lipinski definition) is 0. The molecule has 3 heteroatoms. The average Bonchev–Trinajstić information content (AvgIpc) is 3.24. The number of pyridine rings is 1. The van der Waals surface area contributed by atoms with E-state index >= 15 is 0 Å². The van der Waals surface area contributed by atoms with Gasteiger partial charge in [-0.05, 0) is 63.6 Å². The van der Waals surface area contributed by atoms with Gasteiger partial charge < -0.3 is 4.42 Å². The monoisotopic (exact) mass is 432 g/mol. The summed E-state index contributed by atoms with van der Waals surface area (Å²) in [6.07, 6.45) is 3.75. The third kappa shape index (κ3) is 4.07. The van der Waals surface area contributed by atoms with Crippen LogP contribution in [-0.4, -0.2) is 9.97 Å². The Morgan fingerprint density at radius 2 is 1.45 bits per heavy atom. The number of hydrogen-bond acceptors (Lipinski definition) is 3. The van der Waals surface area contributed by atoms with Crippen molar-refractivity contribution in [3.05, 3.63) is 96.1 Å². The molecule has 0 saturated carbocycles. The molecule has 0 fully saturated rings. The number of oxazole rings is 1. The molecule has 2 aromatic heterocycles. The second kappa shape index (κ2) is 8.00. The van der Waals surface area contributed by atoms with Crippen molar-refractivity contribution < 1.29 is 4.42 Å². The molecule has 3 nitrogen and oxygen atoms in total. The maximum atomic E-state index is 5.67. The first-order valence-corrected chi connectivity index (χ1v) is 11.3. The molecule has 0 radical (unpaired) electrons. The summed E-state index contributed by atoms with van der Waals surface area (Å²) in [6.45, 7) is 10.8. The van der Waals surface area contributed by atoms with Gasteiger partial charge >= 0.3 is 0 Å². The summed E-state index contributed by atoms with van der Waals surface area (Å²) in [6, 6.07) is 23.8. The number of rotatable bonds is 3. The van der Waals surface area contributed by atoms with Gasteiger partial charge in [-0.25, -0.2) is 4.98 Å². The van der Waals surface area contributed by atoms with Crippen LogP contribution in [0.3, 0.4) is 0 Å². The number of fused-ring (bicyclic) bond motifs is 1. The van der Waals surface area contributed by atoms with Gasteiger partial charge in [-0.15, -0.1) is 0 Å². The van der Waals surface area contributed by atoms with E-state index in [0.717, 1.165) is 33.7 Å². The fourth-order valence-electron chi connectivity index (χ4n) is 4.38. The van der Waals surface area contributed by atoms with Crippen molar-refractivity contribution in [2.45, 2.75) is 40.0 Å². The molecule has 0 bridgehead atoms. The van der Waals surface area contributed by atoms with Crippen LogP contribution in [0.4, 0.5) is 0 Å². The molecule has 0 saturated heterocycles. The summed E-state index contributed by atoms with van der Waals surface area (Å²) in [5, 5.41) is 2.55. The molecule has 2 heterocycles. The van der Waals surface area contributed by atoms with Gasteiger partial charge in [0.05, 0.1) is 11.9 Å². The van der Waals surface area contributed by atoms with Crippen LogP contribution in [0.5, 0.6) is 0 Å². The predicted octanol–water partition coefficient (Wildman–Crippen LogP) is 8.14. The van der Waals surface area contributed by atoms with Crippen molar-refractivity contribution >= 4 is 10.8 Å². The highest BCUT2D eigenvalue weighted by Crippen LogP contribution is 2.36. The Bertz CT molecular complexity index is 1450. The maximum absolute atomic E-state index is 5.67. The molecule has 5 rings (SSSR count). The first-order chi connectivity index (χ1) is 15.8. The van der Waals surface area contributed by atoms with E-state index in [9.17, 15) is 0 Å². The molecule has 0 aliphatic carbocycles.